The molecule has 0 spiro atoms. The molecule has 3 nitrogen and oxygen atoms in total. The number of amides is 1. The van der Waals surface area contributed by atoms with Crippen LogP contribution in [-0.2, 0) is 0 Å². The van der Waals surface area contributed by atoms with Crippen molar-refractivity contribution in [2.24, 2.45) is 0 Å². The number of nitrogens with zero attached hydrogens (tertiary/aromatic N) is 2. The number of piperidine rings is 1. The summed E-state index contributed by atoms with van der Waals surface area (Å²) in [7, 11) is 0. The van der Waals surface area contributed by atoms with Gasteiger partial charge in [0.2, 0.25) is 0 Å². The fraction of sp³-hybridized carbons (Fsp3) is 0.538. The van der Waals surface area contributed by atoms with Crippen molar-refractivity contribution >= 4 is 17.5 Å². The Morgan fingerprint density at radius 2 is 2.41 bits per heavy atom. The lowest BCUT2D eigenvalue weighted by Crippen LogP contribution is -2.43. The minimum absolute atomic E-state index is 0.0228. The van der Waals surface area contributed by atoms with Crippen LogP contribution in [0.15, 0.2) is 18.3 Å². The maximum absolute atomic E-state index is 12.4. The van der Waals surface area contributed by atoms with Crippen molar-refractivity contribution in [1.82, 2.24) is 9.88 Å². The molecule has 1 aliphatic rings. The summed E-state index contributed by atoms with van der Waals surface area (Å²) in [5.74, 6) is 0.0228. The van der Waals surface area contributed by atoms with Crippen molar-refractivity contribution in [3.8, 4) is 0 Å². The molecule has 1 atom stereocenters. The first-order chi connectivity index (χ1) is 8.24. The van der Waals surface area contributed by atoms with Gasteiger partial charge in [-0.25, -0.2) is 4.98 Å². The van der Waals surface area contributed by atoms with Crippen molar-refractivity contribution in [2.75, 3.05) is 6.54 Å². The second kappa shape index (κ2) is 5.50. The maximum atomic E-state index is 12.4. The topological polar surface area (TPSA) is 33.2 Å². The fourth-order valence-corrected chi connectivity index (χ4v) is 2.59. The van der Waals surface area contributed by atoms with Crippen molar-refractivity contribution in [3.63, 3.8) is 0 Å². The van der Waals surface area contributed by atoms with Crippen LogP contribution in [0, 0.1) is 0 Å². The molecule has 92 valence electrons. The molecule has 0 aliphatic carbocycles. The average Bonchev–Trinajstić information content (AvgIpc) is 2.38. The van der Waals surface area contributed by atoms with Crippen LogP contribution in [0.3, 0.4) is 0 Å². The largest absolute Gasteiger partial charge is 0.336 e. The van der Waals surface area contributed by atoms with Gasteiger partial charge in [0.25, 0.3) is 5.91 Å². The van der Waals surface area contributed by atoms with Crippen LogP contribution < -0.4 is 0 Å². The van der Waals surface area contributed by atoms with Crippen LogP contribution in [0.5, 0.6) is 0 Å². The van der Waals surface area contributed by atoms with Gasteiger partial charge in [0, 0.05) is 18.8 Å². The number of carbonyl (C=O) groups excluding carboxylic acids is 1. The third kappa shape index (κ3) is 2.60. The van der Waals surface area contributed by atoms with E-state index in [1.54, 1.807) is 18.3 Å². The minimum atomic E-state index is 0.0228. The van der Waals surface area contributed by atoms with E-state index in [4.69, 9.17) is 11.6 Å². The second-order valence-electron chi connectivity index (χ2n) is 4.40. The number of aromatic nitrogens is 1. The first-order valence-corrected chi connectivity index (χ1v) is 6.53. The highest BCUT2D eigenvalue weighted by atomic mass is 35.5. The molecule has 0 saturated carbocycles. The third-order valence-electron chi connectivity index (χ3n) is 3.35. The summed E-state index contributed by atoms with van der Waals surface area (Å²) in [6.07, 6.45) is 6.00. The number of pyridine rings is 1. The number of halogens is 1. The quantitative estimate of drug-likeness (QED) is 0.758. The average molecular weight is 253 g/mol. The highest BCUT2D eigenvalue weighted by molar-refractivity contribution is 6.32. The van der Waals surface area contributed by atoms with Crippen LogP contribution in [0.1, 0.15) is 43.0 Å². The van der Waals surface area contributed by atoms with E-state index in [0.717, 1.165) is 25.8 Å². The Bertz CT molecular complexity index is 408. The Kier molecular flexibility index (Phi) is 4.00. The molecule has 1 aliphatic heterocycles. The molecule has 17 heavy (non-hydrogen) atoms. The normalized spacial score (nSPS) is 20.4. The lowest BCUT2D eigenvalue weighted by atomic mass is 9.99. The van der Waals surface area contributed by atoms with Gasteiger partial charge in [-0.05, 0) is 37.8 Å². The molecule has 2 heterocycles. The fourth-order valence-electron chi connectivity index (χ4n) is 2.39. The van der Waals surface area contributed by atoms with Crippen LogP contribution in [0.25, 0.3) is 0 Å². The number of likely N-dealkylation sites (tertiary alicyclic amines) is 1. The van der Waals surface area contributed by atoms with E-state index < -0.39 is 0 Å². The standard InChI is InChI=1S/C13H17ClN2O/c1-2-10-6-3-4-9-16(10)13(17)11-7-5-8-15-12(11)14/h5,7-8,10H,2-4,6,9H2,1H3/t10-/m0/s1. The SMILES string of the molecule is CC[C@H]1CCCCN1C(=O)c1cccnc1Cl. The molecule has 0 unspecified atom stereocenters. The number of hydrogen-bond acceptors (Lipinski definition) is 2. The van der Waals surface area contributed by atoms with Gasteiger partial charge < -0.3 is 4.90 Å². The Labute approximate surface area is 107 Å². The molecule has 1 amide bonds. The first kappa shape index (κ1) is 12.4. The zero-order valence-corrected chi connectivity index (χ0v) is 10.8. The molecule has 4 heteroatoms. The number of carbonyl (C=O) groups is 1. The third-order valence-corrected chi connectivity index (χ3v) is 3.65. The lowest BCUT2D eigenvalue weighted by molar-refractivity contribution is 0.0608. The van der Waals surface area contributed by atoms with E-state index in [-0.39, 0.29) is 5.91 Å². The minimum Gasteiger partial charge on any atom is -0.336 e. The summed E-state index contributed by atoms with van der Waals surface area (Å²) in [6, 6.07) is 3.86. The van der Waals surface area contributed by atoms with Gasteiger partial charge in [-0.2, -0.15) is 0 Å². The van der Waals surface area contributed by atoms with E-state index in [1.165, 1.54) is 6.42 Å². The Morgan fingerprint density at radius 1 is 1.59 bits per heavy atom. The van der Waals surface area contributed by atoms with Gasteiger partial charge in [-0.1, -0.05) is 18.5 Å². The van der Waals surface area contributed by atoms with Gasteiger partial charge in [0.15, 0.2) is 0 Å². The van der Waals surface area contributed by atoms with Crippen LogP contribution >= 0.6 is 11.6 Å². The number of rotatable bonds is 2. The summed E-state index contributed by atoms with van der Waals surface area (Å²) >= 11 is 5.97. The lowest BCUT2D eigenvalue weighted by Gasteiger charge is -2.35. The van der Waals surface area contributed by atoms with Crippen molar-refractivity contribution in [2.45, 2.75) is 38.6 Å². The van der Waals surface area contributed by atoms with Crippen molar-refractivity contribution in [1.29, 1.82) is 0 Å². The van der Waals surface area contributed by atoms with E-state index in [0.29, 0.717) is 16.8 Å². The molecular formula is C13H17ClN2O. The molecular weight excluding hydrogens is 236 g/mol. The summed E-state index contributed by atoms with van der Waals surface area (Å²) in [6.45, 7) is 2.96. The number of hydrogen-bond donors (Lipinski definition) is 0. The highest BCUT2D eigenvalue weighted by Crippen LogP contribution is 2.23. The Morgan fingerprint density at radius 3 is 3.12 bits per heavy atom. The molecule has 1 saturated heterocycles. The molecule has 1 aromatic heterocycles. The predicted octanol–water partition coefficient (Wildman–Crippen LogP) is 3.14. The highest BCUT2D eigenvalue weighted by Gasteiger charge is 2.27. The van der Waals surface area contributed by atoms with Crippen LogP contribution in [0.4, 0.5) is 0 Å². The monoisotopic (exact) mass is 252 g/mol. The van der Waals surface area contributed by atoms with Gasteiger partial charge >= 0.3 is 0 Å². The van der Waals surface area contributed by atoms with Gasteiger partial charge in [0.1, 0.15) is 5.15 Å². The van der Waals surface area contributed by atoms with Gasteiger partial charge in [-0.3, -0.25) is 4.79 Å². The Hall–Kier alpha value is -1.09. The zero-order chi connectivity index (χ0) is 12.3. The second-order valence-corrected chi connectivity index (χ2v) is 4.76. The smallest absolute Gasteiger partial charge is 0.257 e. The first-order valence-electron chi connectivity index (χ1n) is 6.15. The van der Waals surface area contributed by atoms with Crippen molar-refractivity contribution < 1.29 is 4.79 Å². The Balaban J connectivity index is 2.21. The molecule has 0 radical (unpaired) electrons. The molecule has 1 fully saturated rings. The van der Waals surface area contributed by atoms with E-state index >= 15 is 0 Å². The van der Waals surface area contributed by atoms with E-state index in [1.807, 2.05) is 4.90 Å². The zero-order valence-electron chi connectivity index (χ0n) is 10.0. The predicted molar refractivity (Wildman–Crippen MR) is 68.2 cm³/mol. The summed E-state index contributed by atoms with van der Waals surface area (Å²) in [5.41, 5.74) is 0.523. The van der Waals surface area contributed by atoms with Crippen molar-refractivity contribution in [3.05, 3.63) is 29.0 Å². The molecule has 0 aromatic carbocycles. The van der Waals surface area contributed by atoms with Gasteiger partial charge in [-0.15, -0.1) is 0 Å². The van der Waals surface area contributed by atoms with Gasteiger partial charge in [0.05, 0.1) is 5.56 Å². The molecule has 2 rings (SSSR count). The maximum Gasteiger partial charge on any atom is 0.257 e. The molecule has 0 N–H and O–H groups in total. The molecule has 1 aromatic rings. The summed E-state index contributed by atoms with van der Waals surface area (Å²) in [5, 5.41) is 0.304. The van der Waals surface area contributed by atoms with Crippen LogP contribution in [0.2, 0.25) is 5.15 Å². The van der Waals surface area contributed by atoms with E-state index in [9.17, 15) is 4.79 Å². The van der Waals surface area contributed by atoms with Crippen LogP contribution in [-0.4, -0.2) is 28.4 Å². The van der Waals surface area contributed by atoms with E-state index in [2.05, 4.69) is 11.9 Å². The molecule has 0 bridgehead atoms. The summed E-state index contributed by atoms with van der Waals surface area (Å²) < 4.78 is 0. The summed E-state index contributed by atoms with van der Waals surface area (Å²) in [4.78, 5) is 18.3.